The minimum atomic E-state index is -4.60. The van der Waals surface area contributed by atoms with E-state index in [2.05, 4.69) is 6.92 Å². The fourth-order valence-electron chi connectivity index (χ4n) is 3.48. The van der Waals surface area contributed by atoms with Gasteiger partial charge in [-0.25, -0.2) is 8.42 Å². The molecule has 0 saturated carbocycles. The van der Waals surface area contributed by atoms with Crippen molar-refractivity contribution in [2.24, 2.45) is 0 Å². The Kier molecular flexibility index (Phi) is 13.6. The second kappa shape index (κ2) is 15.0. The molecule has 6 heteroatoms. The van der Waals surface area contributed by atoms with Crippen LogP contribution in [0.5, 0.6) is 11.5 Å². The molecule has 0 atom stereocenters. The second-order valence-corrected chi connectivity index (χ2v) is 8.89. The fourth-order valence-corrected chi connectivity index (χ4v) is 4.13. The molecule has 0 aliphatic carbocycles. The Morgan fingerprint density at radius 3 is 1.90 bits per heavy atom. The first-order valence-corrected chi connectivity index (χ1v) is 12.2. The average molecular weight is 441 g/mol. The summed E-state index contributed by atoms with van der Waals surface area (Å²) in [6, 6.07) is 13.8. The molecule has 0 radical (unpaired) electrons. The monoisotopic (exact) mass is 440 g/mol. The van der Waals surface area contributed by atoms with Crippen LogP contribution in [0.4, 0.5) is 0 Å². The molecule has 0 saturated heterocycles. The van der Waals surface area contributed by atoms with Gasteiger partial charge < -0.3 is 9.29 Å². The zero-order chi connectivity index (χ0) is 21.0. The number of ether oxygens (including phenoxy) is 1. The molecular formula is C24H33NaO4S. The van der Waals surface area contributed by atoms with Gasteiger partial charge >= 0.3 is 29.6 Å². The molecule has 0 aliphatic heterocycles. The van der Waals surface area contributed by atoms with Gasteiger partial charge in [0.05, 0.1) is 4.90 Å². The van der Waals surface area contributed by atoms with E-state index in [1.165, 1.54) is 57.4 Å². The van der Waals surface area contributed by atoms with E-state index >= 15 is 0 Å². The van der Waals surface area contributed by atoms with Crippen molar-refractivity contribution in [3.8, 4) is 11.5 Å². The summed E-state index contributed by atoms with van der Waals surface area (Å²) >= 11 is 0. The normalized spacial score (nSPS) is 11.1. The van der Waals surface area contributed by atoms with Crippen LogP contribution in [-0.4, -0.2) is 13.0 Å². The smallest absolute Gasteiger partial charge is 0.744 e. The Hall–Kier alpha value is -0.850. The third-order valence-corrected chi connectivity index (χ3v) is 5.95. The number of unbranched alkanes of at least 4 members (excludes halogenated alkanes) is 9. The van der Waals surface area contributed by atoms with E-state index < -0.39 is 10.1 Å². The fraction of sp³-hybridized carbons (Fsp3) is 0.500. The molecule has 4 nitrogen and oxygen atoms in total. The molecule has 0 bridgehead atoms. The van der Waals surface area contributed by atoms with E-state index in [1.807, 2.05) is 24.3 Å². The third kappa shape index (κ3) is 9.97. The number of benzene rings is 2. The molecule has 0 amide bonds. The van der Waals surface area contributed by atoms with E-state index in [-0.39, 0.29) is 40.2 Å². The predicted octanol–water partition coefficient (Wildman–Crippen LogP) is 3.85. The first-order valence-electron chi connectivity index (χ1n) is 10.8. The predicted molar refractivity (Wildman–Crippen MR) is 116 cm³/mol. The van der Waals surface area contributed by atoms with Crippen LogP contribution in [0.25, 0.3) is 0 Å². The Morgan fingerprint density at radius 2 is 1.33 bits per heavy atom. The Labute approximate surface area is 204 Å². The van der Waals surface area contributed by atoms with Crippen LogP contribution < -0.4 is 34.3 Å². The molecule has 0 spiro atoms. The van der Waals surface area contributed by atoms with Gasteiger partial charge in [0, 0.05) is 0 Å². The van der Waals surface area contributed by atoms with E-state index in [4.69, 9.17) is 4.74 Å². The van der Waals surface area contributed by atoms with Crippen LogP contribution in [0.3, 0.4) is 0 Å². The van der Waals surface area contributed by atoms with Crippen molar-refractivity contribution in [1.82, 2.24) is 0 Å². The molecule has 30 heavy (non-hydrogen) atoms. The van der Waals surface area contributed by atoms with Gasteiger partial charge in [-0.2, -0.15) is 0 Å². The maximum atomic E-state index is 11.7. The molecule has 0 N–H and O–H groups in total. The summed E-state index contributed by atoms with van der Waals surface area (Å²) in [6.45, 7) is 2.23. The van der Waals surface area contributed by atoms with E-state index in [0.717, 1.165) is 18.4 Å². The summed E-state index contributed by atoms with van der Waals surface area (Å²) in [6.07, 6.45) is 13.1. The number of para-hydroxylation sites is 2. The molecule has 0 aliphatic rings. The van der Waals surface area contributed by atoms with E-state index in [1.54, 1.807) is 18.2 Å². The minimum absolute atomic E-state index is 0. The Bertz CT molecular complexity index is 822. The zero-order valence-electron chi connectivity index (χ0n) is 18.4. The van der Waals surface area contributed by atoms with Crippen LogP contribution in [-0.2, 0) is 16.5 Å². The molecule has 2 aromatic rings. The van der Waals surface area contributed by atoms with Gasteiger partial charge in [0.2, 0.25) is 0 Å². The quantitative estimate of drug-likeness (QED) is 0.254. The van der Waals surface area contributed by atoms with Gasteiger partial charge in [-0.1, -0.05) is 95.0 Å². The maximum absolute atomic E-state index is 11.7. The van der Waals surface area contributed by atoms with Crippen LogP contribution in [0.2, 0.25) is 0 Å². The molecule has 160 valence electrons. The Morgan fingerprint density at radius 1 is 0.767 bits per heavy atom. The molecular weight excluding hydrogens is 407 g/mol. The summed E-state index contributed by atoms with van der Waals surface area (Å²) < 4.78 is 40.9. The summed E-state index contributed by atoms with van der Waals surface area (Å²) in [4.78, 5) is -0.286. The van der Waals surface area contributed by atoms with Crippen molar-refractivity contribution in [1.29, 1.82) is 0 Å². The number of hydrogen-bond donors (Lipinski definition) is 0. The topological polar surface area (TPSA) is 66.4 Å². The summed E-state index contributed by atoms with van der Waals surface area (Å²) in [5, 5.41) is 0. The molecule has 2 aromatic carbocycles. The molecule has 2 rings (SSSR count). The summed E-state index contributed by atoms with van der Waals surface area (Å²) in [7, 11) is -4.60. The molecule has 0 aromatic heterocycles. The first-order chi connectivity index (χ1) is 14.0. The minimum Gasteiger partial charge on any atom is -0.744 e. The van der Waals surface area contributed by atoms with Gasteiger partial charge in [-0.05, 0) is 36.6 Å². The molecule has 0 heterocycles. The summed E-state index contributed by atoms with van der Waals surface area (Å²) in [5.41, 5.74) is 0.769. The van der Waals surface area contributed by atoms with Gasteiger partial charge in [0.1, 0.15) is 21.6 Å². The van der Waals surface area contributed by atoms with Crippen molar-refractivity contribution >= 4 is 10.1 Å². The maximum Gasteiger partial charge on any atom is 1.00 e. The number of rotatable bonds is 14. The van der Waals surface area contributed by atoms with Crippen LogP contribution in [0.1, 0.15) is 76.7 Å². The second-order valence-electron chi connectivity index (χ2n) is 7.55. The van der Waals surface area contributed by atoms with Crippen molar-refractivity contribution < 1.29 is 47.3 Å². The van der Waals surface area contributed by atoms with Crippen molar-refractivity contribution in [2.45, 2.75) is 82.4 Å². The van der Waals surface area contributed by atoms with Crippen LogP contribution in [0, 0.1) is 0 Å². The van der Waals surface area contributed by atoms with Gasteiger partial charge in [-0.3, -0.25) is 0 Å². The van der Waals surface area contributed by atoms with Crippen LogP contribution in [0.15, 0.2) is 53.4 Å². The largest absolute Gasteiger partial charge is 1.00 e. The van der Waals surface area contributed by atoms with Gasteiger partial charge in [0.25, 0.3) is 0 Å². The van der Waals surface area contributed by atoms with Gasteiger partial charge in [-0.15, -0.1) is 0 Å². The molecule has 0 unspecified atom stereocenters. The van der Waals surface area contributed by atoms with Crippen molar-refractivity contribution in [2.75, 3.05) is 0 Å². The first kappa shape index (κ1) is 27.2. The van der Waals surface area contributed by atoms with E-state index in [9.17, 15) is 13.0 Å². The average Bonchev–Trinajstić information content (AvgIpc) is 2.70. The van der Waals surface area contributed by atoms with Crippen LogP contribution >= 0.6 is 0 Å². The summed E-state index contributed by atoms with van der Waals surface area (Å²) in [5.74, 6) is 0.692. The van der Waals surface area contributed by atoms with Gasteiger partial charge in [0.15, 0.2) is 0 Å². The third-order valence-electron chi connectivity index (χ3n) is 5.09. The molecule has 0 fully saturated rings. The SMILES string of the molecule is CCCCCCCCCCCCc1cccc(S(=O)(=O)[O-])c1Oc1ccccc1.[Na+]. The zero-order valence-corrected chi connectivity index (χ0v) is 21.3. The number of aryl methyl sites for hydroxylation is 1. The van der Waals surface area contributed by atoms with Crippen molar-refractivity contribution in [3.63, 3.8) is 0 Å². The van der Waals surface area contributed by atoms with E-state index in [0.29, 0.717) is 12.2 Å². The van der Waals surface area contributed by atoms with Crippen molar-refractivity contribution in [3.05, 3.63) is 54.1 Å². The standard InChI is InChI=1S/C24H34O4S.Na/c1-2-3-4-5-6-7-8-9-10-12-16-21-17-15-20-23(29(25,26)27)24(21)28-22-18-13-11-14-19-22;/h11,13-15,17-20H,2-10,12,16H2,1H3,(H,25,26,27);/q;+1/p-1. The Balaban J connectivity index is 0.00000450. The number of hydrogen-bond acceptors (Lipinski definition) is 4.